The lowest BCUT2D eigenvalue weighted by Crippen LogP contribution is -2.15. The van der Waals surface area contributed by atoms with E-state index in [1.54, 1.807) is 0 Å². The largest absolute Gasteiger partial charge is 0.494 e. The molecule has 2 rings (SSSR count). The van der Waals surface area contributed by atoms with Gasteiger partial charge in [-0.15, -0.1) is 0 Å². The average molecular weight is 390 g/mol. The number of pyridine rings is 1. The van der Waals surface area contributed by atoms with Gasteiger partial charge in [-0.05, 0) is 31.4 Å². The number of rotatable bonds is 14. The molecule has 1 heterocycles. The minimum Gasteiger partial charge on any atom is -0.494 e. The number of fused-ring (bicyclic) bond motifs is 1. The Morgan fingerprint density at radius 3 is 2.07 bits per heavy atom. The molecular formula is C23H35NO4. The lowest BCUT2D eigenvalue weighted by molar-refractivity contribution is 0.261. The molecule has 0 saturated carbocycles. The van der Waals surface area contributed by atoms with Gasteiger partial charge in [0.05, 0.1) is 25.3 Å². The number of ether oxygens (including phenoxy) is 3. The standard InChI is InChI=1S/C23H35NO4/c1-4-7-10-11-16-26-18-12-13-19-20(17-18)24-23(25)22(28-15-9-6-3)21(19)27-14-8-5-2/h12-13,17H,4-11,14-16H2,1-3H3,(H,24,25). The Balaban J connectivity index is 2.24. The molecule has 0 aliphatic heterocycles. The van der Waals surface area contributed by atoms with Gasteiger partial charge in [-0.2, -0.15) is 0 Å². The molecule has 0 amide bonds. The topological polar surface area (TPSA) is 60.6 Å². The molecule has 0 fully saturated rings. The van der Waals surface area contributed by atoms with Crippen molar-refractivity contribution in [3.05, 3.63) is 28.6 Å². The van der Waals surface area contributed by atoms with Crippen LogP contribution < -0.4 is 19.8 Å². The second-order valence-corrected chi connectivity index (χ2v) is 7.13. The van der Waals surface area contributed by atoms with Crippen molar-refractivity contribution < 1.29 is 14.2 Å². The lowest BCUT2D eigenvalue weighted by atomic mass is 10.2. The summed E-state index contributed by atoms with van der Waals surface area (Å²) in [5, 5.41) is 0.848. The van der Waals surface area contributed by atoms with Gasteiger partial charge in [0.25, 0.3) is 5.56 Å². The summed E-state index contributed by atoms with van der Waals surface area (Å²) in [5.41, 5.74) is 0.459. The Bertz CT molecular complexity index is 769. The number of hydrogen-bond acceptors (Lipinski definition) is 4. The lowest BCUT2D eigenvalue weighted by Gasteiger charge is -2.15. The van der Waals surface area contributed by atoms with E-state index in [-0.39, 0.29) is 11.3 Å². The summed E-state index contributed by atoms with van der Waals surface area (Å²) in [6.07, 6.45) is 8.53. The van der Waals surface area contributed by atoms with Crippen LogP contribution in [0.25, 0.3) is 10.9 Å². The van der Waals surface area contributed by atoms with Gasteiger partial charge in [0, 0.05) is 11.5 Å². The molecule has 0 aliphatic carbocycles. The summed E-state index contributed by atoms with van der Waals surface area (Å²) in [6.45, 7) is 8.16. The summed E-state index contributed by atoms with van der Waals surface area (Å²) < 4.78 is 17.6. The van der Waals surface area contributed by atoms with Gasteiger partial charge in [-0.1, -0.05) is 52.9 Å². The van der Waals surface area contributed by atoms with Crippen molar-refractivity contribution in [3.63, 3.8) is 0 Å². The van der Waals surface area contributed by atoms with Crippen molar-refractivity contribution in [2.75, 3.05) is 19.8 Å². The predicted molar refractivity (Wildman–Crippen MR) is 115 cm³/mol. The molecule has 28 heavy (non-hydrogen) atoms. The van der Waals surface area contributed by atoms with Crippen LogP contribution in [0.1, 0.15) is 72.1 Å². The summed E-state index contributed by atoms with van der Waals surface area (Å²) in [4.78, 5) is 15.5. The Hall–Kier alpha value is -2.17. The summed E-state index contributed by atoms with van der Waals surface area (Å²) in [6, 6.07) is 5.75. The van der Waals surface area contributed by atoms with Crippen molar-refractivity contribution in [1.29, 1.82) is 0 Å². The summed E-state index contributed by atoms with van der Waals surface area (Å²) in [5.74, 6) is 1.59. The first-order chi connectivity index (χ1) is 13.7. The second-order valence-electron chi connectivity index (χ2n) is 7.13. The van der Waals surface area contributed by atoms with E-state index in [2.05, 4.69) is 25.8 Å². The van der Waals surface area contributed by atoms with Gasteiger partial charge in [0.15, 0.2) is 5.75 Å². The maximum Gasteiger partial charge on any atom is 0.294 e. The molecule has 156 valence electrons. The van der Waals surface area contributed by atoms with Gasteiger partial charge in [-0.25, -0.2) is 0 Å². The first-order valence-electron chi connectivity index (χ1n) is 10.8. The summed E-state index contributed by atoms with van der Waals surface area (Å²) >= 11 is 0. The Kier molecular flexibility index (Phi) is 9.73. The number of unbranched alkanes of at least 4 members (excludes halogenated alkanes) is 5. The molecule has 0 saturated heterocycles. The van der Waals surface area contributed by atoms with Crippen LogP contribution >= 0.6 is 0 Å². The number of hydrogen-bond donors (Lipinski definition) is 1. The molecule has 2 aromatic rings. The smallest absolute Gasteiger partial charge is 0.294 e. The Labute approximate surface area is 168 Å². The zero-order chi connectivity index (χ0) is 20.2. The van der Waals surface area contributed by atoms with Crippen molar-refractivity contribution in [3.8, 4) is 17.2 Å². The van der Waals surface area contributed by atoms with Gasteiger partial charge >= 0.3 is 0 Å². The monoisotopic (exact) mass is 389 g/mol. The average Bonchev–Trinajstić information content (AvgIpc) is 2.69. The van der Waals surface area contributed by atoms with E-state index in [1.165, 1.54) is 19.3 Å². The molecule has 1 aromatic heterocycles. The maximum absolute atomic E-state index is 12.6. The number of aromatic nitrogens is 1. The highest BCUT2D eigenvalue weighted by Crippen LogP contribution is 2.33. The normalized spacial score (nSPS) is 11.0. The van der Waals surface area contributed by atoms with E-state index in [1.807, 2.05) is 18.2 Å². The Morgan fingerprint density at radius 1 is 0.750 bits per heavy atom. The molecule has 0 spiro atoms. The molecular weight excluding hydrogens is 354 g/mol. The van der Waals surface area contributed by atoms with Crippen molar-refractivity contribution in [1.82, 2.24) is 4.98 Å². The third-order valence-corrected chi connectivity index (χ3v) is 4.65. The van der Waals surface area contributed by atoms with E-state index in [0.29, 0.717) is 31.1 Å². The fourth-order valence-corrected chi connectivity index (χ4v) is 2.95. The molecule has 0 aliphatic rings. The maximum atomic E-state index is 12.6. The highest BCUT2D eigenvalue weighted by molar-refractivity contribution is 5.88. The van der Waals surface area contributed by atoms with Gasteiger partial charge < -0.3 is 19.2 Å². The highest BCUT2D eigenvalue weighted by Gasteiger charge is 2.16. The second kappa shape index (κ2) is 12.3. The van der Waals surface area contributed by atoms with Gasteiger partial charge in [0.1, 0.15) is 5.75 Å². The number of nitrogens with one attached hydrogen (secondary N) is 1. The minimum atomic E-state index is -0.254. The van der Waals surface area contributed by atoms with Crippen LogP contribution in [0.15, 0.2) is 23.0 Å². The Morgan fingerprint density at radius 2 is 1.39 bits per heavy atom. The predicted octanol–water partition coefficient (Wildman–Crippen LogP) is 5.85. The van der Waals surface area contributed by atoms with Gasteiger partial charge in [0.2, 0.25) is 5.75 Å². The van der Waals surface area contributed by atoms with E-state index < -0.39 is 0 Å². The molecule has 0 radical (unpaired) electrons. The number of aromatic amines is 1. The molecule has 5 nitrogen and oxygen atoms in total. The van der Waals surface area contributed by atoms with E-state index in [4.69, 9.17) is 14.2 Å². The zero-order valence-corrected chi connectivity index (χ0v) is 17.6. The fraction of sp³-hybridized carbons (Fsp3) is 0.609. The number of H-pyrrole nitrogens is 1. The van der Waals surface area contributed by atoms with Crippen molar-refractivity contribution in [2.24, 2.45) is 0 Å². The molecule has 0 bridgehead atoms. The van der Waals surface area contributed by atoms with Crippen molar-refractivity contribution in [2.45, 2.75) is 72.1 Å². The van der Waals surface area contributed by atoms with Crippen LogP contribution in [0, 0.1) is 0 Å². The van der Waals surface area contributed by atoms with Crippen LogP contribution in [-0.4, -0.2) is 24.8 Å². The molecule has 0 atom stereocenters. The molecule has 1 aromatic carbocycles. The molecule has 0 unspecified atom stereocenters. The highest BCUT2D eigenvalue weighted by atomic mass is 16.5. The molecule has 5 heteroatoms. The minimum absolute atomic E-state index is 0.254. The fourth-order valence-electron chi connectivity index (χ4n) is 2.95. The SMILES string of the molecule is CCCCCCOc1ccc2c(OCCCC)c(OCCCC)c(=O)[nH]c2c1. The van der Waals surface area contributed by atoms with Crippen LogP contribution in [0.3, 0.4) is 0 Å². The summed E-state index contributed by atoms with van der Waals surface area (Å²) in [7, 11) is 0. The number of benzene rings is 1. The van der Waals surface area contributed by atoms with Crippen LogP contribution in [0.4, 0.5) is 0 Å². The van der Waals surface area contributed by atoms with Crippen LogP contribution in [-0.2, 0) is 0 Å². The third-order valence-electron chi connectivity index (χ3n) is 4.65. The van der Waals surface area contributed by atoms with E-state index >= 15 is 0 Å². The van der Waals surface area contributed by atoms with Crippen LogP contribution in [0.2, 0.25) is 0 Å². The van der Waals surface area contributed by atoms with Crippen LogP contribution in [0.5, 0.6) is 17.2 Å². The van der Waals surface area contributed by atoms with Crippen molar-refractivity contribution >= 4 is 10.9 Å². The first-order valence-corrected chi connectivity index (χ1v) is 10.8. The molecule has 1 N–H and O–H groups in total. The zero-order valence-electron chi connectivity index (χ0n) is 17.6. The first kappa shape index (κ1) is 22.1. The van der Waals surface area contributed by atoms with Gasteiger partial charge in [-0.3, -0.25) is 4.79 Å². The quantitative estimate of drug-likeness (QED) is 0.412. The third kappa shape index (κ3) is 6.47. The van der Waals surface area contributed by atoms with E-state index in [0.717, 1.165) is 43.2 Å². The van der Waals surface area contributed by atoms with E-state index in [9.17, 15) is 4.79 Å².